The molecule has 0 amide bonds. The number of aryl methyl sites for hydroxylation is 2. The van der Waals surface area contributed by atoms with E-state index in [2.05, 4.69) is 9.82 Å². The number of halogens is 1. The summed E-state index contributed by atoms with van der Waals surface area (Å²) in [6, 6.07) is 5.93. The SMILES string of the molecule is Cc1nn(C)c(C)c1S(=O)(=O)N[C@@H](C)Cc1ccccc1F. The van der Waals surface area contributed by atoms with Gasteiger partial charge in [0.1, 0.15) is 10.7 Å². The van der Waals surface area contributed by atoms with Gasteiger partial charge in [0.2, 0.25) is 10.0 Å². The van der Waals surface area contributed by atoms with Gasteiger partial charge in [0.25, 0.3) is 0 Å². The zero-order chi connectivity index (χ0) is 16.5. The average molecular weight is 325 g/mol. The molecule has 1 aromatic carbocycles. The molecule has 0 bridgehead atoms. The summed E-state index contributed by atoms with van der Waals surface area (Å²) in [5.74, 6) is -0.331. The molecule has 0 aliphatic rings. The first-order chi connectivity index (χ1) is 10.2. The van der Waals surface area contributed by atoms with Crippen molar-refractivity contribution in [2.24, 2.45) is 7.05 Å². The van der Waals surface area contributed by atoms with E-state index in [0.29, 0.717) is 17.0 Å². The highest BCUT2D eigenvalue weighted by Gasteiger charge is 2.25. The topological polar surface area (TPSA) is 64.0 Å². The highest BCUT2D eigenvalue weighted by Crippen LogP contribution is 2.19. The standard InChI is InChI=1S/C15H20FN3O2S/c1-10(9-13-7-5-6-8-14(13)16)18-22(20,21)15-11(2)17-19(4)12(15)3/h5-8,10,18H,9H2,1-4H3/t10-/m0/s1. The fraction of sp³-hybridized carbons (Fsp3) is 0.400. The molecule has 1 aromatic heterocycles. The van der Waals surface area contributed by atoms with Crippen molar-refractivity contribution in [2.75, 3.05) is 0 Å². The Balaban J connectivity index is 2.20. The van der Waals surface area contributed by atoms with Crippen LogP contribution in [0.25, 0.3) is 0 Å². The van der Waals surface area contributed by atoms with Crippen molar-refractivity contribution in [2.45, 2.75) is 38.1 Å². The van der Waals surface area contributed by atoms with Gasteiger partial charge in [-0.2, -0.15) is 5.10 Å². The Morgan fingerprint density at radius 3 is 2.50 bits per heavy atom. The summed E-state index contributed by atoms with van der Waals surface area (Å²) < 4.78 is 42.8. The van der Waals surface area contributed by atoms with Crippen LogP contribution in [-0.2, 0) is 23.5 Å². The molecule has 1 N–H and O–H groups in total. The van der Waals surface area contributed by atoms with E-state index in [0.717, 1.165) is 0 Å². The zero-order valence-electron chi connectivity index (χ0n) is 13.1. The van der Waals surface area contributed by atoms with Crippen LogP contribution in [0.4, 0.5) is 4.39 Å². The third-order valence-electron chi connectivity index (χ3n) is 3.55. The number of rotatable bonds is 5. The Morgan fingerprint density at radius 1 is 1.32 bits per heavy atom. The van der Waals surface area contributed by atoms with Gasteiger partial charge in [-0.1, -0.05) is 18.2 Å². The van der Waals surface area contributed by atoms with Gasteiger partial charge in [-0.25, -0.2) is 17.5 Å². The van der Waals surface area contributed by atoms with Crippen LogP contribution in [0.15, 0.2) is 29.2 Å². The van der Waals surface area contributed by atoms with Crippen LogP contribution in [0.2, 0.25) is 0 Å². The molecule has 2 rings (SSSR count). The lowest BCUT2D eigenvalue weighted by Gasteiger charge is -2.15. The molecule has 0 saturated heterocycles. The van der Waals surface area contributed by atoms with Gasteiger partial charge in [0.05, 0.1) is 11.4 Å². The molecule has 1 heterocycles. The summed E-state index contributed by atoms with van der Waals surface area (Å²) >= 11 is 0. The van der Waals surface area contributed by atoms with Crippen molar-refractivity contribution in [3.8, 4) is 0 Å². The number of aromatic nitrogens is 2. The minimum absolute atomic E-state index is 0.190. The summed E-state index contributed by atoms with van der Waals surface area (Å²) in [5.41, 5.74) is 1.51. The number of nitrogens with zero attached hydrogens (tertiary/aromatic N) is 2. The second-order valence-electron chi connectivity index (χ2n) is 5.44. The maximum atomic E-state index is 13.6. The van der Waals surface area contributed by atoms with Gasteiger partial charge >= 0.3 is 0 Å². The van der Waals surface area contributed by atoms with Crippen LogP contribution >= 0.6 is 0 Å². The van der Waals surface area contributed by atoms with E-state index in [1.165, 1.54) is 10.7 Å². The Hall–Kier alpha value is -1.73. The van der Waals surface area contributed by atoms with Crippen LogP contribution in [0.3, 0.4) is 0 Å². The van der Waals surface area contributed by atoms with Gasteiger partial charge in [0.15, 0.2) is 0 Å². The minimum atomic E-state index is -3.69. The van der Waals surface area contributed by atoms with Crippen molar-refractivity contribution in [3.63, 3.8) is 0 Å². The van der Waals surface area contributed by atoms with Gasteiger partial charge in [0, 0.05) is 13.1 Å². The third kappa shape index (κ3) is 3.36. The van der Waals surface area contributed by atoms with Gasteiger partial charge < -0.3 is 0 Å². The second kappa shape index (κ2) is 6.18. The van der Waals surface area contributed by atoms with Crippen molar-refractivity contribution in [1.82, 2.24) is 14.5 Å². The number of benzene rings is 1. The Labute approximate surface area is 130 Å². The summed E-state index contributed by atoms with van der Waals surface area (Å²) in [5, 5.41) is 4.12. The van der Waals surface area contributed by atoms with Crippen molar-refractivity contribution in [1.29, 1.82) is 0 Å². The van der Waals surface area contributed by atoms with Crippen molar-refractivity contribution in [3.05, 3.63) is 47.0 Å². The van der Waals surface area contributed by atoms with E-state index in [4.69, 9.17) is 0 Å². The Bertz CT molecular complexity index is 784. The largest absolute Gasteiger partial charge is 0.271 e. The first kappa shape index (κ1) is 16.6. The lowest BCUT2D eigenvalue weighted by Crippen LogP contribution is -2.34. The first-order valence-corrected chi connectivity index (χ1v) is 8.46. The molecule has 1 atom stereocenters. The average Bonchev–Trinajstić information content (AvgIpc) is 2.65. The predicted octanol–water partition coefficient (Wildman–Crippen LogP) is 2.09. The highest BCUT2D eigenvalue weighted by molar-refractivity contribution is 7.89. The van der Waals surface area contributed by atoms with E-state index in [1.54, 1.807) is 46.0 Å². The molecule has 7 heteroatoms. The molecular weight excluding hydrogens is 305 g/mol. The molecule has 120 valence electrons. The smallest absolute Gasteiger partial charge is 0.244 e. The zero-order valence-corrected chi connectivity index (χ0v) is 13.9. The number of hydrogen-bond acceptors (Lipinski definition) is 3. The van der Waals surface area contributed by atoms with E-state index in [-0.39, 0.29) is 17.1 Å². The van der Waals surface area contributed by atoms with Crippen LogP contribution in [0, 0.1) is 19.7 Å². The van der Waals surface area contributed by atoms with Crippen molar-refractivity contribution >= 4 is 10.0 Å². The van der Waals surface area contributed by atoms with E-state index in [1.807, 2.05) is 0 Å². The maximum absolute atomic E-state index is 13.6. The van der Waals surface area contributed by atoms with E-state index in [9.17, 15) is 12.8 Å². The summed E-state index contributed by atoms with van der Waals surface area (Å²) in [7, 11) is -1.99. The first-order valence-electron chi connectivity index (χ1n) is 6.98. The Morgan fingerprint density at radius 2 is 1.95 bits per heavy atom. The van der Waals surface area contributed by atoms with Crippen LogP contribution in [0.1, 0.15) is 23.9 Å². The molecule has 2 aromatic rings. The fourth-order valence-electron chi connectivity index (χ4n) is 2.50. The third-order valence-corrected chi connectivity index (χ3v) is 5.39. The normalized spacial score (nSPS) is 13.3. The van der Waals surface area contributed by atoms with Gasteiger partial charge in [-0.15, -0.1) is 0 Å². The van der Waals surface area contributed by atoms with E-state index < -0.39 is 16.1 Å². The lowest BCUT2D eigenvalue weighted by atomic mass is 10.1. The molecule has 22 heavy (non-hydrogen) atoms. The quantitative estimate of drug-likeness (QED) is 0.915. The van der Waals surface area contributed by atoms with Gasteiger partial charge in [-0.3, -0.25) is 4.68 Å². The molecule has 0 fully saturated rings. The summed E-state index contributed by atoms with van der Waals surface area (Å²) in [4.78, 5) is 0.190. The summed E-state index contributed by atoms with van der Waals surface area (Å²) in [6.45, 7) is 5.07. The van der Waals surface area contributed by atoms with Crippen LogP contribution < -0.4 is 4.72 Å². The molecule has 0 spiro atoms. The van der Waals surface area contributed by atoms with E-state index >= 15 is 0 Å². The van der Waals surface area contributed by atoms with Crippen LogP contribution in [-0.4, -0.2) is 24.2 Å². The number of hydrogen-bond donors (Lipinski definition) is 1. The molecule has 5 nitrogen and oxygen atoms in total. The maximum Gasteiger partial charge on any atom is 0.244 e. The fourth-order valence-corrected chi connectivity index (χ4v) is 4.18. The molecule has 0 radical (unpaired) electrons. The van der Waals surface area contributed by atoms with Crippen LogP contribution in [0.5, 0.6) is 0 Å². The second-order valence-corrected chi connectivity index (χ2v) is 7.09. The molecular formula is C15H20FN3O2S. The summed E-state index contributed by atoms with van der Waals surface area (Å²) in [6.07, 6.45) is 0.282. The molecule has 0 saturated carbocycles. The Kier molecular flexibility index (Phi) is 4.67. The van der Waals surface area contributed by atoms with Gasteiger partial charge in [-0.05, 0) is 38.8 Å². The van der Waals surface area contributed by atoms with Crippen molar-refractivity contribution < 1.29 is 12.8 Å². The monoisotopic (exact) mass is 325 g/mol. The highest BCUT2D eigenvalue weighted by atomic mass is 32.2. The number of nitrogens with one attached hydrogen (secondary N) is 1. The lowest BCUT2D eigenvalue weighted by molar-refractivity contribution is 0.548. The molecule has 0 aliphatic heterocycles. The molecule has 0 unspecified atom stereocenters. The molecule has 0 aliphatic carbocycles. The predicted molar refractivity (Wildman–Crippen MR) is 82.6 cm³/mol. The minimum Gasteiger partial charge on any atom is -0.271 e. The number of sulfonamides is 1.